The normalized spacial score (nSPS) is 10.5. The Hall–Kier alpha value is -1.82. The van der Waals surface area contributed by atoms with Crippen LogP contribution in [0.2, 0.25) is 0 Å². The van der Waals surface area contributed by atoms with Crippen molar-refractivity contribution in [3.8, 4) is 5.75 Å². The molecule has 0 aliphatic carbocycles. The molecular formula is C13H21N3O3. The SMILES string of the molecule is COc1ccc([N+](=O)[O-])c(NCCCCN(C)C)c1. The van der Waals surface area contributed by atoms with Gasteiger partial charge < -0.3 is 15.0 Å². The van der Waals surface area contributed by atoms with E-state index in [0.29, 0.717) is 18.0 Å². The monoisotopic (exact) mass is 267 g/mol. The fraction of sp³-hybridized carbons (Fsp3) is 0.538. The number of hydrogen-bond acceptors (Lipinski definition) is 5. The molecule has 0 aliphatic rings. The van der Waals surface area contributed by atoms with Crippen molar-refractivity contribution in [3.05, 3.63) is 28.3 Å². The van der Waals surface area contributed by atoms with Crippen LogP contribution >= 0.6 is 0 Å². The average Bonchev–Trinajstić information content (AvgIpc) is 2.37. The van der Waals surface area contributed by atoms with Crippen molar-refractivity contribution in [3.63, 3.8) is 0 Å². The maximum Gasteiger partial charge on any atom is 0.292 e. The molecule has 1 aromatic rings. The molecule has 0 saturated carbocycles. The molecule has 0 saturated heterocycles. The zero-order valence-electron chi connectivity index (χ0n) is 11.7. The molecule has 0 atom stereocenters. The Morgan fingerprint density at radius 2 is 2.11 bits per heavy atom. The minimum atomic E-state index is -0.387. The van der Waals surface area contributed by atoms with E-state index in [9.17, 15) is 10.1 Å². The largest absolute Gasteiger partial charge is 0.497 e. The van der Waals surface area contributed by atoms with E-state index in [1.54, 1.807) is 19.2 Å². The zero-order valence-corrected chi connectivity index (χ0v) is 11.7. The molecule has 1 aromatic carbocycles. The number of nitrogens with one attached hydrogen (secondary N) is 1. The number of nitrogens with zero attached hydrogens (tertiary/aromatic N) is 2. The number of hydrogen-bond donors (Lipinski definition) is 1. The lowest BCUT2D eigenvalue weighted by Gasteiger charge is -2.11. The molecule has 19 heavy (non-hydrogen) atoms. The summed E-state index contributed by atoms with van der Waals surface area (Å²) in [6.45, 7) is 1.73. The van der Waals surface area contributed by atoms with Crippen LogP contribution in [0.5, 0.6) is 5.75 Å². The predicted octanol–water partition coefficient (Wildman–Crippen LogP) is 2.36. The number of unbranched alkanes of at least 4 members (excludes halogenated alkanes) is 1. The van der Waals surface area contributed by atoms with Gasteiger partial charge in [-0.3, -0.25) is 10.1 Å². The molecular weight excluding hydrogens is 246 g/mol. The smallest absolute Gasteiger partial charge is 0.292 e. The highest BCUT2D eigenvalue weighted by Gasteiger charge is 2.13. The van der Waals surface area contributed by atoms with Gasteiger partial charge in [-0.1, -0.05) is 0 Å². The van der Waals surface area contributed by atoms with Gasteiger partial charge in [0.25, 0.3) is 5.69 Å². The van der Waals surface area contributed by atoms with Crippen molar-refractivity contribution in [2.75, 3.05) is 39.6 Å². The van der Waals surface area contributed by atoms with Crippen molar-refractivity contribution >= 4 is 11.4 Å². The Bertz CT molecular complexity index is 422. The summed E-state index contributed by atoms with van der Waals surface area (Å²) >= 11 is 0. The van der Waals surface area contributed by atoms with E-state index >= 15 is 0 Å². The quantitative estimate of drug-likeness (QED) is 0.445. The van der Waals surface area contributed by atoms with E-state index in [4.69, 9.17) is 4.74 Å². The number of nitro benzene ring substituents is 1. The van der Waals surface area contributed by atoms with E-state index in [1.807, 2.05) is 14.1 Å². The van der Waals surface area contributed by atoms with Crippen LogP contribution in [0.1, 0.15) is 12.8 Å². The van der Waals surface area contributed by atoms with E-state index in [2.05, 4.69) is 10.2 Å². The number of anilines is 1. The highest BCUT2D eigenvalue weighted by Crippen LogP contribution is 2.28. The Kier molecular flexibility index (Phi) is 6.08. The summed E-state index contributed by atoms with van der Waals surface area (Å²) in [6, 6.07) is 4.71. The summed E-state index contributed by atoms with van der Waals surface area (Å²) in [4.78, 5) is 12.6. The lowest BCUT2D eigenvalue weighted by molar-refractivity contribution is -0.384. The molecule has 1 rings (SSSR count). The predicted molar refractivity (Wildman–Crippen MR) is 75.9 cm³/mol. The lowest BCUT2D eigenvalue weighted by atomic mass is 10.2. The average molecular weight is 267 g/mol. The van der Waals surface area contributed by atoms with E-state index in [0.717, 1.165) is 19.4 Å². The minimum absolute atomic E-state index is 0.0772. The molecule has 6 heteroatoms. The van der Waals surface area contributed by atoms with Crippen LogP contribution in [-0.2, 0) is 0 Å². The number of methoxy groups -OCH3 is 1. The molecule has 0 spiro atoms. The third-order valence-corrected chi connectivity index (χ3v) is 2.75. The standard InChI is InChI=1S/C13H21N3O3/c1-15(2)9-5-4-8-14-12-10-11(19-3)6-7-13(12)16(17)18/h6-7,10,14H,4-5,8-9H2,1-3H3. The molecule has 106 valence electrons. The minimum Gasteiger partial charge on any atom is -0.497 e. The van der Waals surface area contributed by atoms with Gasteiger partial charge in [0.05, 0.1) is 12.0 Å². The molecule has 0 amide bonds. The summed E-state index contributed by atoms with van der Waals surface area (Å²) < 4.78 is 5.08. The molecule has 0 aliphatic heterocycles. The van der Waals surface area contributed by atoms with Gasteiger partial charge in [0.1, 0.15) is 11.4 Å². The van der Waals surface area contributed by atoms with Crippen molar-refractivity contribution < 1.29 is 9.66 Å². The van der Waals surface area contributed by atoms with Crippen LogP contribution in [0.15, 0.2) is 18.2 Å². The van der Waals surface area contributed by atoms with Crippen molar-refractivity contribution in [2.24, 2.45) is 0 Å². The van der Waals surface area contributed by atoms with Gasteiger partial charge in [-0.25, -0.2) is 0 Å². The molecule has 0 bridgehead atoms. The van der Waals surface area contributed by atoms with Crippen LogP contribution in [-0.4, -0.2) is 44.1 Å². The molecule has 0 fully saturated rings. The van der Waals surface area contributed by atoms with E-state index in [1.165, 1.54) is 6.07 Å². The maximum absolute atomic E-state index is 10.9. The second-order valence-electron chi connectivity index (χ2n) is 4.58. The molecule has 0 radical (unpaired) electrons. The van der Waals surface area contributed by atoms with Gasteiger partial charge in [-0.2, -0.15) is 0 Å². The zero-order chi connectivity index (χ0) is 14.3. The Labute approximate surface area is 113 Å². The highest BCUT2D eigenvalue weighted by molar-refractivity contribution is 5.64. The third-order valence-electron chi connectivity index (χ3n) is 2.75. The van der Waals surface area contributed by atoms with Gasteiger partial charge in [0, 0.05) is 18.7 Å². The van der Waals surface area contributed by atoms with Gasteiger partial charge >= 0.3 is 0 Å². The third kappa shape index (κ3) is 5.13. The summed E-state index contributed by atoms with van der Waals surface area (Å²) in [7, 11) is 5.60. The second-order valence-corrected chi connectivity index (χ2v) is 4.58. The number of ether oxygens (including phenoxy) is 1. The Morgan fingerprint density at radius 3 is 2.68 bits per heavy atom. The molecule has 1 N–H and O–H groups in total. The first-order valence-corrected chi connectivity index (χ1v) is 6.25. The summed E-state index contributed by atoms with van der Waals surface area (Å²) in [5.41, 5.74) is 0.586. The lowest BCUT2D eigenvalue weighted by Crippen LogP contribution is -2.14. The van der Waals surface area contributed by atoms with Crippen molar-refractivity contribution in [2.45, 2.75) is 12.8 Å². The Balaban J connectivity index is 2.57. The number of benzene rings is 1. The van der Waals surface area contributed by atoms with Crippen LogP contribution in [0.25, 0.3) is 0 Å². The van der Waals surface area contributed by atoms with Crippen molar-refractivity contribution in [1.29, 1.82) is 0 Å². The first-order valence-electron chi connectivity index (χ1n) is 6.25. The maximum atomic E-state index is 10.9. The first kappa shape index (κ1) is 15.2. The summed E-state index contributed by atoms with van der Waals surface area (Å²) in [6.07, 6.45) is 2.02. The van der Waals surface area contributed by atoms with Gasteiger partial charge in [0.2, 0.25) is 0 Å². The van der Waals surface area contributed by atoms with Gasteiger partial charge in [-0.15, -0.1) is 0 Å². The fourth-order valence-electron chi connectivity index (χ4n) is 1.72. The van der Waals surface area contributed by atoms with Crippen LogP contribution in [0, 0.1) is 10.1 Å². The summed E-state index contributed by atoms with van der Waals surface area (Å²) in [5, 5.41) is 14.0. The van der Waals surface area contributed by atoms with Crippen LogP contribution in [0.4, 0.5) is 11.4 Å². The Morgan fingerprint density at radius 1 is 1.37 bits per heavy atom. The van der Waals surface area contributed by atoms with Gasteiger partial charge in [-0.05, 0) is 39.5 Å². The molecule has 0 aromatic heterocycles. The second kappa shape index (κ2) is 7.58. The fourth-order valence-corrected chi connectivity index (χ4v) is 1.72. The summed E-state index contributed by atoms with van der Waals surface area (Å²) in [5.74, 6) is 0.612. The molecule has 0 heterocycles. The number of nitro groups is 1. The first-order chi connectivity index (χ1) is 9.04. The van der Waals surface area contributed by atoms with E-state index < -0.39 is 0 Å². The van der Waals surface area contributed by atoms with Crippen LogP contribution < -0.4 is 10.1 Å². The van der Waals surface area contributed by atoms with Crippen molar-refractivity contribution in [1.82, 2.24) is 4.90 Å². The molecule has 6 nitrogen and oxygen atoms in total. The molecule has 0 unspecified atom stereocenters. The van der Waals surface area contributed by atoms with Crippen LogP contribution in [0.3, 0.4) is 0 Å². The van der Waals surface area contributed by atoms with E-state index in [-0.39, 0.29) is 10.6 Å². The highest BCUT2D eigenvalue weighted by atomic mass is 16.6. The topological polar surface area (TPSA) is 67.6 Å². The number of rotatable bonds is 8. The van der Waals surface area contributed by atoms with Gasteiger partial charge in [0.15, 0.2) is 0 Å².